The first-order chi connectivity index (χ1) is 17.5. The number of anilines is 1. The number of benzene rings is 1. The Balaban J connectivity index is 1.79. The lowest BCUT2D eigenvalue weighted by Gasteiger charge is -2.44. The van der Waals surface area contributed by atoms with Crippen LogP contribution in [-0.2, 0) is 17.5 Å². The van der Waals surface area contributed by atoms with Gasteiger partial charge in [0.2, 0.25) is 5.91 Å². The Bertz CT molecular complexity index is 1460. The number of thioether (sulfide) groups is 1. The second-order valence-corrected chi connectivity index (χ2v) is 12.2. The summed E-state index contributed by atoms with van der Waals surface area (Å²) in [6, 6.07) is 2.35. The van der Waals surface area contributed by atoms with Crippen molar-refractivity contribution in [1.29, 1.82) is 0 Å². The molecule has 2 aromatic heterocycles. The van der Waals surface area contributed by atoms with E-state index in [1.165, 1.54) is 33.7 Å². The number of aryl methyl sites for hydroxylation is 1. The van der Waals surface area contributed by atoms with Gasteiger partial charge in [0.1, 0.15) is 5.82 Å². The van der Waals surface area contributed by atoms with Gasteiger partial charge in [0.25, 0.3) is 0 Å². The lowest BCUT2D eigenvalue weighted by molar-refractivity contribution is -0.137. The van der Waals surface area contributed by atoms with Crippen molar-refractivity contribution in [3.05, 3.63) is 50.7 Å². The molecule has 5 rings (SSSR count). The second kappa shape index (κ2) is 9.77. The fraction of sp³-hybridized carbons (Fsp3) is 0.400. The van der Waals surface area contributed by atoms with Gasteiger partial charge >= 0.3 is 11.9 Å². The molecule has 1 saturated heterocycles. The number of halogens is 4. The van der Waals surface area contributed by atoms with Crippen molar-refractivity contribution in [2.45, 2.75) is 50.0 Å². The summed E-state index contributed by atoms with van der Waals surface area (Å²) in [7, 11) is 0. The number of hydrogen-bond acceptors (Lipinski definition) is 6. The number of rotatable bonds is 3. The molecule has 4 heterocycles. The summed E-state index contributed by atoms with van der Waals surface area (Å²) in [5, 5.41) is 2.06. The van der Waals surface area contributed by atoms with E-state index in [0.29, 0.717) is 57.0 Å². The molecule has 1 aromatic carbocycles. The Hall–Kier alpha value is -2.31. The highest BCUT2D eigenvalue weighted by atomic mass is 79.9. The number of amides is 1. The van der Waals surface area contributed by atoms with E-state index in [9.17, 15) is 22.8 Å². The van der Waals surface area contributed by atoms with E-state index in [4.69, 9.17) is 0 Å². The number of hydrogen-bond donors (Lipinski definition) is 0. The highest BCUT2D eigenvalue weighted by Gasteiger charge is 2.39. The fourth-order valence-electron chi connectivity index (χ4n) is 5.33. The fourth-order valence-corrected chi connectivity index (χ4v) is 8.08. The van der Waals surface area contributed by atoms with Gasteiger partial charge in [-0.05, 0) is 60.2 Å². The molecule has 0 N–H and O–H groups in total. The molecular weight excluding hydrogens is 589 g/mol. The highest BCUT2D eigenvalue weighted by molar-refractivity contribution is 9.10. The molecular formula is C25H24BrF3N4O2S2. The first-order valence-corrected chi connectivity index (χ1v) is 14.4. The molecule has 12 heteroatoms. The van der Waals surface area contributed by atoms with Crippen molar-refractivity contribution < 1.29 is 18.0 Å². The summed E-state index contributed by atoms with van der Waals surface area (Å²) in [6.45, 7) is 8.37. The van der Waals surface area contributed by atoms with Gasteiger partial charge in [0, 0.05) is 62.3 Å². The van der Waals surface area contributed by atoms with Crippen LogP contribution in [0.3, 0.4) is 0 Å². The van der Waals surface area contributed by atoms with Gasteiger partial charge in [-0.1, -0.05) is 6.58 Å². The molecule has 1 amide bonds. The number of aromatic nitrogens is 2. The lowest BCUT2D eigenvalue weighted by Crippen LogP contribution is -2.58. The van der Waals surface area contributed by atoms with Crippen LogP contribution in [0.4, 0.5) is 19.0 Å². The number of alkyl halides is 3. The predicted molar refractivity (Wildman–Crippen MR) is 146 cm³/mol. The Morgan fingerprint density at radius 1 is 1.24 bits per heavy atom. The minimum absolute atomic E-state index is 0.107. The molecule has 0 radical (unpaired) electrons. The molecule has 0 aliphatic carbocycles. The maximum atomic E-state index is 14.6. The Labute approximate surface area is 228 Å². The molecule has 0 saturated carbocycles. The van der Waals surface area contributed by atoms with Gasteiger partial charge < -0.3 is 9.80 Å². The molecule has 196 valence electrons. The normalized spacial score (nSPS) is 20.3. The highest BCUT2D eigenvalue weighted by Crippen LogP contribution is 2.49. The average Bonchev–Trinajstić information content (AvgIpc) is 3.13. The zero-order valence-corrected chi connectivity index (χ0v) is 23.4. The molecule has 2 atom stereocenters. The van der Waals surface area contributed by atoms with Crippen molar-refractivity contribution in [2.24, 2.45) is 0 Å². The first-order valence-electron chi connectivity index (χ1n) is 11.8. The number of carbonyl (C=O) groups excluding carboxylic acids is 1. The van der Waals surface area contributed by atoms with Gasteiger partial charge in [-0.3, -0.25) is 9.36 Å². The molecule has 0 bridgehead atoms. The standard InChI is InChI=1S/C25H24BrF3N4O2S2/c1-4-19(34)33-13(2)10-31(11-14(33)3)23-16-9-17(25(27,28)29)20(18-8-15(26)12-37-18)22-21(16)32(24(35)30-23)6-5-7-36-22/h4,8-9,12-14H,1,5-7,10-11H2,2-3H3/t13-,14?/m1/s1. The van der Waals surface area contributed by atoms with Crippen LogP contribution >= 0.6 is 39.0 Å². The van der Waals surface area contributed by atoms with Crippen molar-refractivity contribution in [2.75, 3.05) is 23.7 Å². The average molecular weight is 614 g/mol. The Morgan fingerprint density at radius 2 is 1.95 bits per heavy atom. The van der Waals surface area contributed by atoms with Crippen LogP contribution in [0.1, 0.15) is 25.8 Å². The predicted octanol–water partition coefficient (Wildman–Crippen LogP) is 6.01. The lowest BCUT2D eigenvalue weighted by atomic mass is 10.0. The zero-order valence-electron chi connectivity index (χ0n) is 20.1. The number of piperazine rings is 1. The molecule has 1 unspecified atom stereocenters. The molecule has 2 aliphatic heterocycles. The third kappa shape index (κ3) is 4.61. The first kappa shape index (κ1) is 26.3. The molecule has 1 fully saturated rings. The summed E-state index contributed by atoms with van der Waals surface area (Å²) in [5.41, 5.74) is -0.617. The summed E-state index contributed by atoms with van der Waals surface area (Å²) in [4.78, 5) is 34.5. The topological polar surface area (TPSA) is 58.4 Å². The third-order valence-electron chi connectivity index (χ3n) is 6.74. The van der Waals surface area contributed by atoms with E-state index >= 15 is 0 Å². The molecule has 37 heavy (non-hydrogen) atoms. The van der Waals surface area contributed by atoms with Crippen LogP contribution in [0, 0.1) is 0 Å². The van der Waals surface area contributed by atoms with E-state index in [2.05, 4.69) is 27.5 Å². The third-order valence-corrected chi connectivity index (χ3v) is 9.63. The maximum absolute atomic E-state index is 14.6. The number of thiophene rings is 1. The van der Waals surface area contributed by atoms with Crippen molar-refractivity contribution in [3.63, 3.8) is 0 Å². The minimum atomic E-state index is -4.61. The van der Waals surface area contributed by atoms with Gasteiger partial charge in [-0.25, -0.2) is 4.79 Å². The van der Waals surface area contributed by atoms with Crippen LogP contribution in [0.25, 0.3) is 21.3 Å². The molecule has 2 aliphatic rings. The summed E-state index contributed by atoms with van der Waals surface area (Å²) in [5.74, 6) is 0.611. The van der Waals surface area contributed by atoms with Crippen LogP contribution in [0.2, 0.25) is 0 Å². The van der Waals surface area contributed by atoms with Crippen molar-refractivity contribution in [1.82, 2.24) is 14.5 Å². The van der Waals surface area contributed by atoms with E-state index in [0.717, 1.165) is 6.07 Å². The summed E-state index contributed by atoms with van der Waals surface area (Å²) in [6.07, 6.45) is -2.71. The summed E-state index contributed by atoms with van der Waals surface area (Å²) < 4.78 is 46.0. The smallest absolute Gasteiger partial charge is 0.352 e. The van der Waals surface area contributed by atoms with Crippen molar-refractivity contribution >= 4 is 61.7 Å². The SMILES string of the molecule is C=CC(=O)N1C(C)CN(c2nc(=O)n3c4c(c(-c5cc(Br)cs5)c(C(F)(F)F)cc24)SCCC3)C[C@H]1C. The van der Waals surface area contributed by atoms with Gasteiger partial charge in [-0.15, -0.1) is 23.1 Å². The molecule has 6 nitrogen and oxygen atoms in total. The molecule has 0 spiro atoms. The largest absolute Gasteiger partial charge is 0.417 e. The van der Waals surface area contributed by atoms with E-state index in [1.54, 1.807) is 16.3 Å². The Morgan fingerprint density at radius 3 is 2.54 bits per heavy atom. The number of carbonyl (C=O) groups is 1. The van der Waals surface area contributed by atoms with Crippen LogP contribution in [0.15, 0.2) is 44.3 Å². The van der Waals surface area contributed by atoms with E-state index in [1.807, 2.05) is 18.7 Å². The monoisotopic (exact) mass is 612 g/mol. The number of nitrogens with zero attached hydrogens (tertiary/aromatic N) is 4. The summed E-state index contributed by atoms with van der Waals surface area (Å²) >= 11 is 5.96. The van der Waals surface area contributed by atoms with Crippen LogP contribution < -0.4 is 10.6 Å². The van der Waals surface area contributed by atoms with Gasteiger partial charge in [-0.2, -0.15) is 18.2 Å². The second-order valence-electron chi connectivity index (χ2n) is 9.28. The quantitative estimate of drug-likeness (QED) is 0.339. The van der Waals surface area contributed by atoms with E-state index in [-0.39, 0.29) is 29.4 Å². The van der Waals surface area contributed by atoms with Gasteiger partial charge in [0.05, 0.1) is 11.1 Å². The minimum Gasteiger partial charge on any atom is -0.352 e. The van der Waals surface area contributed by atoms with Crippen LogP contribution in [-0.4, -0.2) is 51.3 Å². The van der Waals surface area contributed by atoms with Crippen LogP contribution in [0.5, 0.6) is 0 Å². The van der Waals surface area contributed by atoms with Crippen molar-refractivity contribution in [3.8, 4) is 10.4 Å². The van der Waals surface area contributed by atoms with Gasteiger partial charge in [0.15, 0.2) is 0 Å². The maximum Gasteiger partial charge on any atom is 0.417 e. The Kier molecular flexibility index (Phi) is 6.95. The molecule has 3 aromatic rings. The van der Waals surface area contributed by atoms with E-state index < -0.39 is 17.4 Å². The zero-order chi connectivity index (χ0) is 26.6.